The van der Waals surface area contributed by atoms with Crippen molar-refractivity contribution in [1.29, 1.82) is 0 Å². The fraction of sp³-hybridized carbons (Fsp3) is 0.811. The van der Waals surface area contributed by atoms with Crippen molar-refractivity contribution in [2.45, 2.75) is 138 Å². The van der Waals surface area contributed by atoms with Crippen LogP contribution in [0.4, 0.5) is 0 Å². The fourth-order valence-electron chi connectivity index (χ4n) is 10.5. The van der Waals surface area contributed by atoms with Crippen LogP contribution in [0, 0.1) is 46.3 Å². The van der Waals surface area contributed by atoms with Gasteiger partial charge in [-0.3, -0.25) is 28.9 Å². The van der Waals surface area contributed by atoms with Crippen LogP contribution in [0.2, 0.25) is 0 Å². The Labute approximate surface area is 275 Å². The van der Waals surface area contributed by atoms with E-state index in [2.05, 4.69) is 26.8 Å². The van der Waals surface area contributed by atoms with Crippen LogP contribution in [0.1, 0.15) is 120 Å². The smallest absolute Gasteiger partial charge is 0.302 e. The zero-order chi connectivity index (χ0) is 34.1. The number of allylic oxidation sites excluding steroid dienone is 1. The number of carbonyl (C=O) groups is 5. The first kappa shape index (κ1) is 36.1. The van der Waals surface area contributed by atoms with Gasteiger partial charge in [0.2, 0.25) is 11.8 Å². The third-order valence-corrected chi connectivity index (χ3v) is 12.5. The van der Waals surface area contributed by atoms with Gasteiger partial charge >= 0.3 is 17.9 Å². The Balaban J connectivity index is 1.57. The molecule has 0 aliphatic heterocycles. The number of esters is 3. The maximum Gasteiger partial charge on any atom is 0.302 e. The average Bonchev–Trinajstić information content (AvgIpc) is 3.23. The summed E-state index contributed by atoms with van der Waals surface area (Å²) in [6, 6.07) is 0. The van der Waals surface area contributed by atoms with Crippen molar-refractivity contribution in [2.75, 3.05) is 6.54 Å². The number of carbonyl (C=O) groups excluding carboxylic acids is 5. The van der Waals surface area contributed by atoms with E-state index in [1.807, 2.05) is 6.92 Å². The molecule has 4 aliphatic carbocycles. The van der Waals surface area contributed by atoms with Crippen molar-refractivity contribution >= 4 is 29.7 Å². The monoisotopic (exact) mass is 643 g/mol. The van der Waals surface area contributed by atoms with E-state index in [0.29, 0.717) is 37.1 Å². The van der Waals surface area contributed by atoms with E-state index in [4.69, 9.17) is 14.2 Å². The zero-order valence-corrected chi connectivity index (χ0v) is 29.6. The summed E-state index contributed by atoms with van der Waals surface area (Å²) >= 11 is 0. The minimum Gasteiger partial charge on any atom is -0.462 e. The van der Waals surface area contributed by atoms with Gasteiger partial charge in [-0.25, -0.2) is 0 Å². The highest BCUT2D eigenvalue weighted by molar-refractivity contribution is 5.92. The minimum absolute atomic E-state index is 0.0193. The molecule has 0 N–H and O–H groups in total. The predicted octanol–water partition coefficient (Wildman–Crippen LogP) is 6.42. The molecule has 4 aliphatic rings. The summed E-state index contributed by atoms with van der Waals surface area (Å²) in [6.45, 7) is 16.5. The lowest BCUT2D eigenvalue weighted by atomic mass is 9.47. The first-order chi connectivity index (χ1) is 21.5. The Morgan fingerprint density at radius 3 is 2.11 bits per heavy atom. The maximum atomic E-state index is 12.5. The van der Waals surface area contributed by atoms with Gasteiger partial charge in [-0.1, -0.05) is 39.3 Å². The minimum atomic E-state index is -0.383. The molecule has 0 aromatic carbocycles. The number of fused-ring (bicyclic) bond motifs is 5. The second-order valence-electron chi connectivity index (χ2n) is 15.5. The first-order valence-corrected chi connectivity index (χ1v) is 17.5. The molecule has 0 aromatic heterocycles. The molecule has 9 nitrogen and oxygen atoms in total. The zero-order valence-electron chi connectivity index (χ0n) is 29.6. The Hall–Kier alpha value is -2.71. The molecule has 3 fully saturated rings. The molecule has 258 valence electrons. The molecule has 9 heteroatoms. The van der Waals surface area contributed by atoms with Gasteiger partial charge in [-0.15, -0.1) is 0 Å². The number of rotatable bonds is 10. The second-order valence-corrected chi connectivity index (χ2v) is 15.5. The van der Waals surface area contributed by atoms with Gasteiger partial charge in [0, 0.05) is 53.5 Å². The van der Waals surface area contributed by atoms with E-state index in [1.165, 1.54) is 45.1 Å². The van der Waals surface area contributed by atoms with Crippen LogP contribution < -0.4 is 0 Å². The number of hydrogen-bond acceptors (Lipinski definition) is 8. The number of nitrogens with zero attached hydrogens (tertiary/aromatic N) is 1. The van der Waals surface area contributed by atoms with Crippen LogP contribution in [-0.4, -0.2) is 59.5 Å². The Morgan fingerprint density at radius 2 is 1.52 bits per heavy atom. The Bertz CT molecular complexity index is 1210. The van der Waals surface area contributed by atoms with E-state index in [0.717, 1.165) is 44.9 Å². The standard InChI is InChI=1S/C37H57NO8/c1-21(20-38(23(3)39)24(4)40)10-13-33(45-26(6)42)22(2)35-34(46-27(7)43)19-32-30-12-11-28-18-29(44-25(5)41)14-16-36(28,8)31(30)15-17-37(32,35)9/h11,21-22,29-35H,10,12-20H2,1-9H3/t21?,22?,29?,30?,31?,32?,33?,34?,35?,36-,37-/m0/s1. The van der Waals surface area contributed by atoms with E-state index in [-0.39, 0.29) is 76.6 Å². The van der Waals surface area contributed by atoms with Gasteiger partial charge in [0.05, 0.1) is 0 Å². The third kappa shape index (κ3) is 7.38. The molecular formula is C37H57NO8. The normalized spacial score (nSPS) is 35.2. The number of hydrogen-bond donors (Lipinski definition) is 0. The van der Waals surface area contributed by atoms with Crippen molar-refractivity contribution in [2.24, 2.45) is 46.3 Å². The molecule has 0 bridgehead atoms. The highest BCUT2D eigenvalue weighted by atomic mass is 16.6. The summed E-state index contributed by atoms with van der Waals surface area (Å²) in [5.41, 5.74) is 1.42. The molecule has 9 unspecified atom stereocenters. The van der Waals surface area contributed by atoms with E-state index in [1.54, 1.807) is 0 Å². The summed E-state index contributed by atoms with van der Waals surface area (Å²) in [6.07, 6.45) is 9.58. The van der Waals surface area contributed by atoms with Crippen LogP contribution in [0.25, 0.3) is 0 Å². The number of amides is 2. The van der Waals surface area contributed by atoms with Crippen LogP contribution in [-0.2, 0) is 38.2 Å². The molecule has 3 saturated carbocycles. The third-order valence-electron chi connectivity index (χ3n) is 12.5. The van der Waals surface area contributed by atoms with E-state index in [9.17, 15) is 24.0 Å². The molecule has 2 amide bonds. The van der Waals surface area contributed by atoms with Crippen molar-refractivity contribution in [3.63, 3.8) is 0 Å². The molecule has 46 heavy (non-hydrogen) atoms. The molecule has 0 radical (unpaired) electrons. The molecule has 11 atom stereocenters. The number of imide groups is 1. The summed E-state index contributed by atoms with van der Waals surface area (Å²) < 4.78 is 17.8. The highest BCUT2D eigenvalue weighted by Gasteiger charge is 2.63. The molecular weight excluding hydrogens is 586 g/mol. The number of ether oxygens (including phenoxy) is 3. The predicted molar refractivity (Wildman–Crippen MR) is 173 cm³/mol. The summed E-state index contributed by atoms with van der Waals surface area (Å²) in [5, 5.41) is 0. The summed E-state index contributed by atoms with van der Waals surface area (Å²) in [5.74, 6) is -0.0495. The highest BCUT2D eigenvalue weighted by Crippen LogP contribution is 2.68. The van der Waals surface area contributed by atoms with Crippen LogP contribution in [0.3, 0.4) is 0 Å². The largest absolute Gasteiger partial charge is 0.462 e. The van der Waals surface area contributed by atoms with Crippen molar-refractivity contribution in [1.82, 2.24) is 4.90 Å². The summed E-state index contributed by atoms with van der Waals surface area (Å²) in [7, 11) is 0. The van der Waals surface area contributed by atoms with Crippen LogP contribution in [0.15, 0.2) is 11.6 Å². The van der Waals surface area contributed by atoms with Gasteiger partial charge in [0.15, 0.2) is 0 Å². The maximum absolute atomic E-state index is 12.5. The Kier molecular flexibility index (Phi) is 11.1. The van der Waals surface area contributed by atoms with Crippen molar-refractivity contribution in [3.8, 4) is 0 Å². The van der Waals surface area contributed by atoms with Gasteiger partial charge in [0.1, 0.15) is 18.3 Å². The molecule has 0 heterocycles. The lowest BCUT2D eigenvalue weighted by Crippen LogP contribution is -2.52. The van der Waals surface area contributed by atoms with Crippen molar-refractivity contribution < 1.29 is 38.2 Å². The van der Waals surface area contributed by atoms with Gasteiger partial charge in [0.25, 0.3) is 0 Å². The topological polar surface area (TPSA) is 116 Å². The molecule has 4 rings (SSSR count). The summed E-state index contributed by atoms with van der Waals surface area (Å²) in [4.78, 5) is 61.8. The molecule has 0 saturated heterocycles. The second kappa shape index (κ2) is 14.2. The quantitative estimate of drug-likeness (QED) is 0.152. The fourth-order valence-corrected chi connectivity index (χ4v) is 10.5. The lowest BCUT2D eigenvalue weighted by molar-refractivity contribution is -0.160. The van der Waals surface area contributed by atoms with E-state index < -0.39 is 0 Å². The molecule has 0 aromatic rings. The van der Waals surface area contributed by atoms with Gasteiger partial charge < -0.3 is 14.2 Å². The SMILES string of the molecule is CC(=O)OC1CC[C@@]2(C)C(=CCC3C4CC(OC(C)=O)C(C(C)C(CCC(C)CN(C(C)=O)C(C)=O)OC(C)=O)[C@@]4(C)CCC32)C1. The first-order valence-electron chi connectivity index (χ1n) is 17.5. The van der Waals surface area contributed by atoms with E-state index >= 15 is 0 Å². The molecule has 0 spiro atoms. The van der Waals surface area contributed by atoms with Crippen molar-refractivity contribution in [3.05, 3.63) is 11.6 Å². The Morgan fingerprint density at radius 1 is 0.870 bits per heavy atom. The average molecular weight is 644 g/mol. The van der Waals surface area contributed by atoms with Crippen LogP contribution in [0.5, 0.6) is 0 Å². The lowest BCUT2D eigenvalue weighted by Gasteiger charge is -2.58. The van der Waals surface area contributed by atoms with Gasteiger partial charge in [-0.2, -0.15) is 0 Å². The van der Waals surface area contributed by atoms with Crippen LogP contribution >= 0.6 is 0 Å². The van der Waals surface area contributed by atoms with Gasteiger partial charge in [-0.05, 0) is 91.8 Å².